The van der Waals surface area contributed by atoms with Gasteiger partial charge in [-0.3, -0.25) is 52.7 Å². The van der Waals surface area contributed by atoms with Crippen molar-refractivity contribution in [3.63, 3.8) is 0 Å². The number of amides is 11. The van der Waals surface area contributed by atoms with Gasteiger partial charge in [0.1, 0.15) is 47.3 Å². The minimum absolute atomic E-state index is 0.00733. The van der Waals surface area contributed by atoms with Crippen LogP contribution in [0.1, 0.15) is 197 Å². The Bertz CT molecular complexity index is 3150. The maximum absolute atomic E-state index is 15.8. The third kappa shape index (κ3) is 21.3. The Morgan fingerprint density at radius 2 is 1.36 bits per heavy atom. The molecule has 3 aliphatic carbocycles. The Morgan fingerprint density at radius 3 is 1.96 bits per heavy atom. The summed E-state index contributed by atoms with van der Waals surface area (Å²) in [4.78, 5) is 180. The number of rotatable bonds is 15. The highest BCUT2D eigenvalue weighted by atomic mass is 32.2. The van der Waals surface area contributed by atoms with E-state index >= 15 is 33.2 Å². The summed E-state index contributed by atoms with van der Waals surface area (Å²) in [6, 6.07) is -9.09. The first-order chi connectivity index (χ1) is 50.3. The number of nitrogens with one attached hydrogen (secondary N) is 3. The van der Waals surface area contributed by atoms with E-state index in [1.54, 1.807) is 20.0 Å². The van der Waals surface area contributed by atoms with E-state index in [2.05, 4.69) is 16.0 Å². The van der Waals surface area contributed by atoms with E-state index in [1.165, 1.54) is 100 Å². The molecule has 15 atom stereocenters. The summed E-state index contributed by atoms with van der Waals surface area (Å²) >= 11 is 1.36. The lowest BCUT2D eigenvalue weighted by atomic mass is 9.58. The number of fused-ring (bicyclic) bond motifs is 4. The van der Waals surface area contributed by atoms with Gasteiger partial charge in [0.2, 0.25) is 65.0 Å². The highest BCUT2D eigenvalue weighted by molar-refractivity contribution is 8.00. The van der Waals surface area contributed by atoms with Gasteiger partial charge in [0, 0.05) is 106 Å². The summed E-state index contributed by atoms with van der Waals surface area (Å²) in [5.41, 5.74) is -3.12. The van der Waals surface area contributed by atoms with E-state index in [-0.39, 0.29) is 126 Å². The van der Waals surface area contributed by atoms with Crippen LogP contribution in [0.2, 0.25) is 0 Å². The molecule has 7 aliphatic rings. The monoisotopic (exact) mass is 1530 g/mol. The Morgan fingerprint density at radius 1 is 0.720 bits per heavy atom. The lowest BCUT2D eigenvalue weighted by molar-refractivity contribution is -0.184. The average Bonchev–Trinajstić information content (AvgIpc) is 1.10. The largest absolute Gasteiger partial charge is 0.391 e. The van der Waals surface area contributed by atoms with E-state index in [4.69, 9.17) is 4.74 Å². The van der Waals surface area contributed by atoms with Gasteiger partial charge in [-0.2, -0.15) is 13.2 Å². The standard InChI is InChI=1S/C78H128F4N12O12S/c1-18-26-53-41-83-65(47(6)19-2)73(103)88(13)44-64(97)90(15)57-27-24-23-25-36-93(72(57)102)60(38-50-28-32-52(33-29-50)78(80,81)82)71(101)87(12)43-62(95)84-56(34-30-49-31-35-61-55(37-49)48(7)67(79)107-61)69(99)94-42-54(106-22-5)39-58(94)68(98)85-77(45-76(8,9)46-77)75(105)92(17)66(51(20-3)21-4)74(104)91(16)59(70(100)86(10)11)40-63(96)89(53)14/h23-24,47-61,65-67,83H,18-22,25-46H2,1-17H3,(H,84,95)(H,85,98)/b24-23-/t47-,48?,49?,50?,52?,53-,54+,55?,56-,57-,58-,59-,60-,61?,65-,66-,67?/m0/s1. The third-order valence-corrected chi connectivity index (χ3v) is 26.6. The van der Waals surface area contributed by atoms with Crippen molar-refractivity contribution in [1.29, 1.82) is 0 Å². The molecule has 1 spiro atoms. The van der Waals surface area contributed by atoms with E-state index in [9.17, 15) is 37.1 Å². The van der Waals surface area contributed by atoms with Crippen LogP contribution in [0, 0.1) is 46.8 Å². The molecule has 29 heteroatoms. The molecule has 0 aromatic heterocycles. The average molecular weight is 1530 g/mol. The summed E-state index contributed by atoms with van der Waals surface area (Å²) in [6.45, 7) is 16.2. The normalized spacial score (nSPS) is 32.8. The molecule has 3 saturated heterocycles. The number of hydrogen-bond donors (Lipinski definition) is 3. The van der Waals surface area contributed by atoms with Gasteiger partial charge in [0.05, 0.1) is 37.6 Å². The molecule has 11 amide bonds. The van der Waals surface area contributed by atoms with Crippen molar-refractivity contribution in [3.05, 3.63) is 12.2 Å². The van der Waals surface area contributed by atoms with Crippen LogP contribution in [0.15, 0.2) is 12.2 Å². The lowest BCUT2D eigenvalue weighted by Crippen LogP contribution is -2.71. The molecule has 7 rings (SSSR count). The number of carbonyl (C=O) groups is 11. The molecule has 2 bridgehead atoms. The molecule has 606 valence electrons. The fourth-order valence-electron chi connectivity index (χ4n) is 18.3. The van der Waals surface area contributed by atoms with Crippen molar-refractivity contribution < 1.29 is 75.0 Å². The second-order valence-electron chi connectivity index (χ2n) is 33.3. The van der Waals surface area contributed by atoms with Crippen molar-refractivity contribution in [3.8, 4) is 0 Å². The minimum atomic E-state index is -4.43. The van der Waals surface area contributed by atoms with E-state index in [0.717, 1.165) is 17.7 Å². The van der Waals surface area contributed by atoms with E-state index in [1.807, 2.05) is 61.5 Å². The van der Waals surface area contributed by atoms with Gasteiger partial charge in [-0.15, -0.1) is 11.8 Å². The van der Waals surface area contributed by atoms with Crippen LogP contribution in [-0.2, 0) is 57.5 Å². The van der Waals surface area contributed by atoms with Gasteiger partial charge in [-0.05, 0) is 138 Å². The number of halogens is 4. The lowest BCUT2D eigenvalue weighted by Gasteiger charge is -2.54. The minimum Gasteiger partial charge on any atom is -0.377 e. The van der Waals surface area contributed by atoms with Crippen molar-refractivity contribution in [2.75, 3.05) is 95.7 Å². The maximum Gasteiger partial charge on any atom is 0.391 e. The number of likely N-dealkylation sites (N-methyl/N-ethyl adjacent to an activating group) is 7. The van der Waals surface area contributed by atoms with Crippen LogP contribution in [0.4, 0.5) is 17.6 Å². The zero-order valence-electron chi connectivity index (χ0n) is 67.0. The maximum atomic E-state index is 15.8. The third-order valence-electron chi connectivity index (χ3n) is 25.0. The molecule has 4 heterocycles. The topological polar surface area (TPSA) is 262 Å². The summed E-state index contributed by atoms with van der Waals surface area (Å²) in [5, 5.41) is 9.65. The van der Waals surface area contributed by atoms with Crippen LogP contribution in [-0.4, -0.2) is 282 Å². The quantitative estimate of drug-likeness (QED) is 0.105. The van der Waals surface area contributed by atoms with Gasteiger partial charge < -0.3 is 64.8 Å². The summed E-state index contributed by atoms with van der Waals surface area (Å²) < 4.78 is 63.9. The number of nitrogens with zero attached hydrogens (tertiary/aromatic N) is 9. The fraction of sp³-hybridized carbons (Fsp3) is 0.833. The SMILES string of the molecule is CCC[C@H]1CN[C@@H]([C@@H](C)CC)C(=O)N(C)CC(=O)N(C)[C@H]2C/C=C\CCN(C2=O)[C@@H](CC2CCC(C(F)(F)F)CC2)C(=O)N(C)CC(=O)N[C@@H](CCC2CCC3SC(F)C(C)C3C2)C(=O)N2C[C@H](OCC)C[C@H]2C(=O)NC2(CC(C)(C)C2)C(=O)N(C)[C@@H](C(CC)CC)C(=O)N(C)[C@H](C(=O)N(C)C)CC(=O)N1C. The highest BCUT2D eigenvalue weighted by Gasteiger charge is 2.59. The Balaban J connectivity index is 1.32. The Hall–Kier alpha value is -6.10. The number of alkyl halides is 4. The number of thioether (sulfide) groups is 1. The molecule has 3 saturated carbocycles. The summed E-state index contributed by atoms with van der Waals surface area (Å²) in [5.74, 6) is -9.50. The molecule has 6 fully saturated rings. The molecule has 24 nitrogen and oxygen atoms in total. The summed E-state index contributed by atoms with van der Waals surface area (Å²) in [7, 11) is 11.9. The molecule has 0 aromatic rings. The predicted octanol–water partition coefficient (Wildman–Crippen LogP) is 7.66. The van der Waals surface area contributed by atoms with Crippen LogP contribution in [0.3, 0.4) is 0 Å². The first-order valence-electron chi connectivity index (χ1n) is 39.6. The first-order valence-corrected chi connectivity index (χ1v) is 40.6. The van der Waals surface area contributed by atoms with Gasteiger partial charge in [-0.1, -0.05) is 93.2 Å². The summed E-state index contributed by atoms with van der Waals surface area (Å²) in [6.07, 6.45) is 3.49. The number of hydrogen-bond acceptors (Lipinski definition) is 14. The Kier molecular flexibility index (Phi) is 31.5. The van der Waals surface area contributed by atoms with Crippen molar-refractivity contribution in [2.24, 2.45) is 46.8 Å². The van der Waals surface area contributed by atoms with Gasteiger partial charge in [0.25, 0.3) is 0 Å². The van der Waals surface area contributed by atoms with Crippen molar-refractivity contribution >= 4 is 76.7 Å². The predicted molar refractivity (Wildman–Crippen MR) is 402 cm³/mol. The molecule has 107 heavy (non-hydrogen) atoms. The zero-order valence-corrected chi connectivity index (χ0v) is 67.8. The number of carbonyl (C=O) groups excluding carboxylic acids is 11. The second kappa shape index (κ2) is 38.2. The second-order valence-corrected chi connectivity index (χ2v) is 34.7. The first kappa shape index (κ1) is 88.1. The Labute approximate surface area is 637 Å². The van der Waals surface area contributed by atoms with Crippen LogP contribution in [0.5, 0.6) is 0 Å². The molecule has 5 unspecified atom stereocenters. The smallest absolute Gasteiger partial charge is 0.377 e. The van der Waals surface area contributed by atoms with Crippen LogP contribution < -0.4 is 16.0 Å². The molecule has 3 N–H and O–H groups in total. The molecule has 0 aromatic carbocycles. The fourth-order valence-corrected chi connectivity index (χ4v) is 19.9. The van der Waals surface area contributed by atoms with Crippen molar-refractivity contribution in [2.45, 2.75) is 274 Å². The van der Waals surface area contributed by atoms with E-state index < -0.39 is 179 Å². The van der Waals surface area contributed by atoms with E-state index in [0.29, 0.717) is 44.9 Å². The molecular formula is C78H128F4N12O12S. The van der Waals surface area contributed by atoms with Crippen LogP contribution in [0.25, 0.3) is 0 Å². The molecule has 0 radical (unpaired) electrons. The van der Waals surface area contributed by atoms with Gasteiger partial charge in [0.15, 0.2) is 0 Å². The van der Waals surface area contributed by atoms with Crippen molar-refractivity contribution in [1.82, 2.24) is 60.0 Å². The van der Waals surface area contributed by atoms with Gasteiger partial charge >= 0.3 is 6.18 Å². The zero-order chi connectivity index (χ0) is 79.5. The highest BCUT2D eigenvalue weighted by Crippen LogP contribution is 2.53. The van der Waals surface area contributed by atoms with Gasteiger partial charge in [-0.25, -0.2) is 4.39 Å². The number of ether oxygens (including phenoxy) is 1. The molecular weight excluding hydrogens is 1400 g/mol. The molecule has 4 aliphatic heterocycles. The van der Waals surface area contributed by atoms with Crippen LogP contribution >= 0.6 is 11.8 Å².